The molecule has 2 heterocycles. The predicted molar refractivity (Wildman–Crippen MR) is 74.2 cm³/mol. The highest BCUT2D eigenvalue weighted by Gasteiger charge is 2.22. The lowest BCUT2D eigenvalue weighted by atomic mass is 10.1. The quantitative estimate of drug-likeness (QED) is 0.825. The second-order valence-electron chi connectivity index (χ2n) is 5.11. The molecule has 0 amide bonds. The lowest BCUT2D eigenvalue weighted by Gasteiger charge is -2.28. The van der Waals surface area contributed by atoms with E-state index in [1.54, 1.807) is 0 Å². The van der Waals surface area contributed by atoms with Gasteiger partial charge in [-0.25, -0.2) is 0 Å². The second kappa shape index (κ2) is 6.43. The van der Waals surface area contributed by atoms with Crippen molar-refractivity contribution in [3.05, 3.63) is 23.8 Å². The van der Waals surface area contributed by atoms with E-state index in [4.69, 9.17) is 18.9 Å². The maximum absolute atomic E-state index is 5.85. The Balaban J connectivity index is 1.66. The summed E-state index contributed by atoms with van der Waals surface area (Å²) in [6, 6.07) is 6.24. The van der Waals surface area contributed by atoms with Crippen LogP contribution in [0.5, 0.6) is 11.5 Å². The Bertz CT molecular complexity index is 447. The minimum atomic E-state index is 0.171. The average Bonchev–Trinajstić information content (AvgIpc) is 2.87. The predicted octanol–water partition coefficient (Wildman–Crippen LogP) is 1.87. The monoisotopic (exact) mass is 279 g/mol. The first-order valence-electron chi connectivity index (χ1n) is 7.19. The van der Waals surface area contributed by atoms with Crippen molar-refractivity contribution in [2.45, 2.75) is 25.5 Å². The van der Waals surface area contributed by atoms with Crippen LogP contribution < -0.4 is 14.8 Å². The molecular formula is C15H21NO4. The minimum Gasteiger partial charge on any atom is -0.454 e. The number of nitrogens with one attached hydrogen (secondary N) is 1. The molecule has 0 aliphatic carbocycles. The third-order valence-corrected chi connectivity index (χ3v) is 3.55. The van der Waals surface area contributed by atoms with Crippen LogP contribution in [0.2, 0.25) is 0 Å². The zero-order valence-corrected chi connectivity index (χ0v) is 11.8. The van der Waals surface area contributed by atoms with Crippen molar-refractivity contribution in [2.24, 2.45) is 0 Å². The molecule has 0 radical (unpaired) electrons. The molecule has 1 unspecified atom stereocenters. The molecule has 5 heteroatoms. The van der Waals surface area contributed by atoms with E-state index in [-0.39, 0.29) is 12.1 Å². The lowest BCUT2D eigenvalue weighted by molar-refractivity contribution is -0.133. The first kappa shape index (κ1) is 13.7. The Hall–Kier alpha value is -1.30. The second-order valence-corrected chi connectivity index (χ2v) is 5.11. The standard InChI is InChI=1S/C15H21NO4/c1-2-5-16-13(9-18-12-7-17-8-12)11-3-4-14-15(6-11)20-10-19-14/h3-4,6,12-13,16H,2,5,7-10H2,1H3. The summed E-state index contributed by atoms with van der Waals surface area (Å²) in [7, 11) is 0. The maximum Gasteiger partial charge on any atom is 0.231 e. The minimum absolute atomic E-state index is 0.171. The Labute approximate surface area is 119 Å². The van der Waals surface area contributed by atoms with Gasteiger partial charge in [0.1, 0.15) is 6.10 Å². The zero-order chi connectivity index (χ0) is 13.8. The number of rotatable bonds is 7. The Morgan fingerprint density at radius 3 is 2.90 bits per heavy atom. The number of ether oxygens (including phenoxy) is 4. The van der Waals surface area contributed by atoms with E-state index >= 15 is 0 Å². The molecule has 0 spiro atoms. The zero-order valence-electron chi connectivity index (χ0n) is 11.8. The molecule has 1 saturated heterocycles. The summed E-state index contributed by atoms with van der Waals surface area (Å²) in [5, 5.41) is 3.52. The van der Waals surface area contributed by atoms with Crippen molar-refractivity contribution in [3.8, 4) is 11.5 Å². The van der Waals surface area contributed by atoms with Gasteiger partial charge in [0.25, 0.3) is 0 Å². The molecule has 0 bridgehead atoms. The molecule has 2 aliphatic rings. The van der Waals surface area contributed by atoms with Crippen LogP contribution in [0.1, 0.15) is 24.9 Å². The van der Waals surface area contributed by atoms with Crippen molar-refractivity contribution >= 4 is 0 Å². The summed E-state index contributed by atoms with van der Waals surface area (Å²) in [6.45, 7) is 5.49. The molecule has 110 valence electrons. The van der Waals surface area contributed by atoms with E-state index < -0.39 is 0 Å². The van der Waals surface area contributed by atoms with Crippen molar-refractivity contribution < 1.29 is 18.9 Å². The van der Waals surface area contributed by atoms with Crippen LogP contribution >= 0.6 is 0 Å². The number of fused-ring (bicyclic) bond motifs is 1. The molecule has 0 aromatic heterocycles. The number of benzene rings is 1. The molecule has 1 N–H and O–H groups in total. The van der Waals surface area contributed by atoms with E-state index in [2.05, 4.69) is 18.3 Å². The average molecular weight is 279 g/mol. The highest BCUT2D eigenvalue weighted by atomic mass is 16.7. The number of hydrogen-bond acceptors (Lipinski definition) is 5. The fraction of sp³-hybridized carbons (Fsp3) is 0.600. The Morgan fingerprint density at radius 1 is 1.30 bits per heavy atom. The van der Waals surface area contributed by atoms with Gasteiger partial charge in [0, 0.05) is 0 Å². The van der Waals surface area contributed by atoms with Crippen molar-refractivity contribution in [1.82, 2.24) is 5.32 Å². The molecule has 3 rings (SSSR count). The van der Waals surface area contributed by atoms with Crippen LogP contribution in [-0.2, 0) is 9.47 Å². The number of hydrogen-bond donors (Lipinski definition) is 1. The lowest BCUT2D eigenvalue weighted by Crippen LogP contribution is -2.38. The third kappa shape index (κ3) is 3.06. The van der Waals surface area contributed by atoms with Gasteiger partial charge >= 0.3 is 0 Å². The molecule has 0 saturated carbocycles. The van der Waals surface area contributed by atoms with Crippen LogP contribution in [0, 0.1) is 0 Å². The van der Waals surface area contributed by atoms with Gasteiger partial charge in [-0.2, -0.15) is 0 Å². The van der Waals surface area contributed by atoms with Gasteiger partial charge < -0.3 is 24.3 Å². The summed E-state index contributed by atoms with van der Waals surface area (Å²) < 4.78 is 21.8. The van der Waals surface area contributed by atoms with Gasteiger partial charge in [-0.05, 0) is 30.7 Å². The summed E-state index contributed by atoms with van der Waals surface area (Å²) in [5.74, 6) is 1.63. The van der Waals surface area contributed by atoms with Crippen LogP contribution in [0.3, 0.4) is 0 Å². The van der Waals surface area contributed by atoms with Crippen LogP contribution in [-0.4, -0.2) is 39.3 Å². The fourth-order valence-corrected chi connectivity index (χ4v) is 2.26. The van der Waals surface area contributed by atoms with E-state index in [1.165, 1.54) is 5.56 Å². The summed E-state index contributed by atoms with van der Waals surface area (Å²) in [6.07, 6.45) is 1.34. The SMILES string of the molecule is CCCNC(COC1COC1)c1ccc2c(c1)OCO2. The molecule has 20 heavy (non-hydrogen) atoms. The molecule has 1 aromatic rings. The van der Waals surface area contributed by atoms with E-state index in [1.807, 2.05) is 12.1 Å². The van der Waals surface area contributed by atoms with Gasteiger partial charge in [0.05, 0.1) is 25.9 Å². The topological polar surface area (TPSA) is 49.0 Å². The Morgan fingerprint density at radius 2 is 2.15 bits per heavy atom. The summed E-state index contributed by atoms with van der Waals surface area (Å²) >= 11 is 0. The van der Waals surface area contributed by atoms with Gasteiger partial charge in [0.2, 0.25) is 6.79 Å². The third-order valence-electron chi connectivity index (χ3n) is 3.55. The first-order chi connectivity index (χ1) is 9.86. The van der Waals surface area contributed by atoms with Crippen LogP contribution in [0.4, 0.5) is 0 Å². The molecule has 2 aliphatic heterocycles. The smallest absolute Gasteiger partial charge is 0.231 e. The largest absolute Gasteiger partial charge is 0.454 e. The molecule has 1 aromatic carbocycles. The van der Waals surface area contributed by atoms with E-state index in [9.17, 15) is 0 Å². The van der Waals surface area contributed by atoms with Gasteiger partial charge in [-0.15, -0.1) is 0 Å². The van der Waals surface area contributed by atoms with Gasteiger partial charge in [-0.3, -0.25) is 0 Å². The maximum atomic E-state index is 5.85. The highest BCUT2D eigenvalue weighted by molar-refractivity contribution is 5.45. The van der Waals surface area contributed by atoms with Crippen molar-refractivity contribution in [2.75, 3.05) is 33.2 Å². The molecule has 1 atom stereocenters. The molecule has 5 nitrogen and oxygen atoms in total. The summed E-state index contributed by atoms with van der Waals surface area (Å²) in [4.78, 5) is 0. The highest BCUT2D eigenvalue weighted by Crippen LogP contribution is 2.34. The molecular weight excluding hydrogens is 258 g/mol. The van der Waals surface area contributed by atoms with Crippen molar-refractivity contribution in [3.63, 3.8) is 0 Å². The normalized spacial score (nSPS) is 18.9. The van der Waals surface area contributed by atoms with Crippen LogP contribution in [0.25, 0.3) is 0 Å². The Kier molecular flexibility index (Phi) is 4.40. The van der Waals surface area contributed by atoms with Crippen LogP contribution in [0.15, 0.2) is 18.2 Å². The fourth-order valence-electron chi connectivity index (χ4n) is 2.26. The van der Waals surface area contributed by atoms with Gasteiger partial charge in [0.15, 0.2) is 11.5 Å². The summed E-state index contributed by atoms with van der Waals surface area (Å²) in [5.41, 5.74) is 1.17. The van der Waals surface area contributed by atoms with E-state index in [0.717, 1.165) is 24.5 Å². The molecule has 1 fully saturated rings. The van der Waals surface area contributed by atoms with E-state index in [0.29, 0.717) is 26.6 Å². The first-order valence-corrected chi connectivity index (χ1v) is 7.19. The van der Waals surface area contributed by atoms with Crippen molar-refractivity contribution in [1.29, 1.82) is 0 Å². The van der Waals surface area contributed by atoms with Gasteiger partial charge in [-0.1, -0.05) is 13.0 Å².